The molecule has 1 amide bonds. The number of carboxylic acid groups (broad SMARTS) is 1. The van der Waals surface area contributed by atoms with E-state index in [1.807, 2.05) is 25.1 Å². The Balaban J connectivity index is 1.92. The van der Waals surface area contributed by atoms with E-state index in [0.29, 0.717) is 12.3 Å². The number of hydrogen-bond donors (Lipinski definition) is 1. The molecule has 0 aromatic heterocycles. The van der Waals surface area contributed by atoms with E-state index in [9.17, 15) is 9.59 Å². The Labute approximate surface area is 134 Å². The fourth-order valence-electron chi connectivity index (χ4n) is 2.62. The maximum atomic E-state index is 12.5. The Morgan fingerprint density at radius 2 is 1.91 bits per heavy atom. The minimum atomic E-state index is -0.964. The molecule has 3 rings (SSSR count). The van der Waals surface area contributed by atoms with E-state index < -0.39 is 12.1 Å². The summed E-state index contributed by atoms with van der Waals surface area (Å²) in [6.45, 7) is 4.08. The van der Waals surface area contributed by atoms with Gasteiger partial charge in [0, 0.05) is 0 Å². The Hall–Kier alpha value is -2.82. The molecule has 118 valence electrons. The van der Waals surface area contributed by atoms with E-state index in [2.05, 4.69) is 0 Å². The maximum absolute atomic E-state index is 12.5. The summed E-state index contributed by atoms with van der Waals surface area (Å²) in [6.07, 6.45) is -0.539. The lowest BCUT2D eigenvalue weighted by Gasteiger charge is -2.33. The smallest absolute Gasteiger partial charge is 0.335 e. The number of carbonyl (C=O) groups is 2. The van der Waals surface area contributed by atoms with Crippen LogP contribution in [0.2, 0.25) is 0 Å². The number of benzene rings is 2. The van der Waals surface area contributed by atoms with Crippen LogP contribution in [-0.4, -0.2) is 23.1 Å². The number of anilines is 1. The average Bonchev–Trinajstić information content (AvgIpc) is 2.52. The minimum absolute atomic E-state index is 0.108. The lowest BCUT2D eigenvalue weighted by atomic mass is 10.1. The Morgan fingerprint density at radius 3 is 2.57 bits per heavy atom. The fraction of sp³-hybridized carbons (Fsp3) is 0.222. The van der Waals surface area contributed by atoms with E-state index in [1.54, 1.807) is 36.1 Å². The van der Waals surface area contributed by atoms with Crippen LogP contribution in [0.3, 0.4) is 0 Å². The number of rotatable bonds is 3. The van der Waals surface area contributed by atoms with Gasteiger partial charge in [-0.05, 0) is 49.2 Å². The van der Waals surface area contributed by atoms with Gasteiger partial charge < -0.3 is 14.7 Å². The fourth-order valence-corrected chi connectivity index (χ4v) is 2.62. The summed E-state index contributed by atoms with van der Waals surface area (Å²) in [5, 5.41) is 8.95. The van der Waals surface area contributed by atoms with E-state index >= 15 is 0 Å². The van der Waals surface area contributed by atoms with Crippen molar-refractivity contribution in [3.05, 3.63) is 59.2 Å². The van der Waals surface area contributed by atoms with Crippen molar-refractivity contribution in [2.75, 3.05) is 4.90 Å². The summed E-state index contributed by atoms with van der Waals surface area (Å²) in [6, 6.07) is 12.3. The second kappa shape index (κ2) is 5.76. The molecule has 1 N–H and O–H groups in total. The van der Waals surface area contributed by atoms with Crippen molar-refractivity contribution in [2.45, 2.75) is 26.5 Å². The first-order valence-electron chi connectivity index (χ1n) is 7.36. The molecule has 5 nitrogen and oxygen atoms in total. The molecule has 23 heavy (non-hydrogen) atoms. The van der Waals surface area contributed by atoms with Crippen molar-refractivity contribution in [3.63, 3.8) is 0 Å². The van der Waals surface area contributed by atoms with E-state index in [0.717, 1.165) is 16.8 Å². The summed E-state index contributed by atoms with van der Waals surface area (Å²) in [7, 11) is 0. The molecule has 1 heterocycles. The molecule has 2 aromatic rings. The van der Waals surface area contributed by atoms with E-state index in [4.69, 9.17) is 9.84 Å². The van der Waals surface area contributed by atoms with Crippen LogP contribution in [0.1, 0.15) is 28.4 Å². The number of hydrogen-bond acceptors (Lipinski definition) is 3. The molecule has 0 saturated heterocycles. The first-order chi connectivity index (χ1) is 11.0. The quantitative estimate of drug-likeness (QED) is 0.946. The highest BCUT2D eigenvalue weighted by Crippen LogP contribution is 2.35. The van der Waals surface area contributed by atoms with Gasteiger partial charge in [-0.3, -0.25) is 4.79 Å². The third-order valence-electron chi connectivity index (χ3n) is 3.87. The van der Waals surface area contributed by atoms with Crippen LogP contribution in [0.15, 0.2) is 42.5 Å². The van der Waals surface area contributed by atoms with Crippen LogP contribution in [0.5, 0.6) is 5.75 Å². The van der Waals surface area contributed by atoms with Crippen LogP contribution in [-0.2, 0) is 11.3 Å². The molecule has 0 fully saturated rings. The molecule has 0 aliphatic carbocycles. The normalized spacial score (nSPS) is 16.7. The monoisotopic (exact) mass is 311 g/mol. The Bertz CT molecular complexity index is 767. The number of carbonyl (C=O) groups excluding carboxylic acids is 1. The van der Waals surface area contributed by atoms with Gasteiger partial charge in [-0.15, -0.1) is 0 Å². The highest BCUT2D eigenvalue weighted by molar-refractivity contribution is 5.99. The largest absolute Gasteiger partial charge is 0.479 e. The van der Waals surface area contributed by atoms with Crippen LogP contribution < -0.4 is 9.64 Å². The zero-order valence-electron chi connectivity index (χ0n) is 12.9. The van der Waals surface area contributed by atoms with Gasteiger partial charge in [0.05, 0.1) is 17.8 Å². The molecule has 0 bridgehead atoms. The number of ether oxygens (including phenoxy) is 1. The van der Waals surface area contributed by atoms with Gasteiger partial charge in [-0.1, -0.05) is 18.2 Å². The number of fused-ring (bicyclic) bond motifs is 1. The Morgan fingerprint density at radius 1 is 1.22 bits per heavy atom. The number of amides is 1. The standard InChI is InChI=1S/C18H17NO4/c1-11-3-8-15-16(9-11)23-12(2)17(20)19(15)10-13-4-6-14(7-5-13)18(21)22/h3-9,12H,10H2,1-2H3,(H,21,22). The van der Waals surface area contributed by atoms with Gasteiger partial charge in [0.15, 0.2) is 6.10 Å². The van der Waals surface area contributed by atoms with Crippen molar-refractivity contribution < 1.29 is 19.4 Å². The van der Waals surface area contributed by atoms with Gasteiger partial charge in [0.1, 0.15) is 5.75 Å². The van der Waals surface area contributed by atoms with Gasteiger partial charge in [0.2, 0.25) is 0 Å². The second-order valence-corrected chi connectivity index (χ2v) is 5.66. The van der Waals surface area contributed by atoms with Crippen LogP contribution in [0.25, 0.3) is 0 Å². The molecule has 1 unspecified atom stereocenters. The molecule has 0 saturated carbocycles. The predicted molar refractivity (Wildman–Crippen MR) is 85.9 cm³/mol. The van der Waals surface area contributed by atoms with E-state index in [1.165, 1.54) is 0 Å². The van der Waals surface area contributed by atoms with E-state index in [-0.39, 0.29) is 11.5 Å². The molecule has 1 atom stereocenters. The van der Waals surface area contributed by atoms with Gasteiger partial charge in [0.25, 0.3) is 5.91 Å². The topological polar surface area (TPSA) is 66.8 Å². The molecule has 1 aliphatic heterocycles. The first kappa shape index (κ1) is 15.1. The summed E-state index contributed by atoms with van der Waals surface area (Å²) in [5.74, 6) is -0.378. The lowest BCUT2D eigenvalue weighted by Crippen LogP contribution is -2.44. The number of aromatic carboxylic acids is 1. The lowest BCUT2D eigenvalue weighted by molar-refractivity contribution is -0.125. The molecular weight excluding hydrogens is 294 g/mol. The van der Waals surface area contributed by atoms with Crippen molar-refractivity contribution in [1.82, 2.24) is 0 Å². The summed E-state index contributed by atoms with van der Waals surface area (Å²) in [5.41, 5.74) is 2.90. The van der Waals surface area contributed by atoms with Crippen molar-refractivity contribution in [3.8, 4) is 5.75 Å². The molecule has 5 heteroatoms. The Kier molecular flexibility index (Phi) is 3.78. The van der Waals surface area contributed by atoms with Crippen molar-refractivity contribution in [2.24, 2.45) is 0 Å². The van der Waals surface area contributed by atoms with Crippen molar-refractivity contribution >= 4 is 17.6 Å². The number of nitrogens with zero attached hydrogens (tertiary/aromatic N) is 1. The van der Waals surface area contributed by atoms with Crippen LogP contribution >= 0.6 is 0 Å². The first-order valence-corrected chi connectivity index (χ1v) is 7.36. The zero-order chi connectivity index (χ0) is 16.6. The highest BCUT2D eigenvalue weighted by Gasteiger charge is 2.31. The SMILES string of the molecule is Cc1ccc2c(c1)OC(C)C(=O)N2Cc1ccc(C(=O)O)cc1. The molecule has 2 aromatic carbocycles. The van der Waals surface area contributed by atoms with Gasteiger partial charge in [-0.25, -0.2) is 4.79 Å². The minimum Gasteiger partial charge on any atom is -0.479 e. The number of aryl methyl sites for hydroxylation is 1. The zero-order valence-corrected chi connectivity index (χ0v) is 12.9. The summed E-state index contributed by atoms with van der Waals surface area (Å²) >= 11 is 0. The molecule has 0 radical (unpaired) electrons. The van der Waals surface area contributed by atoms with Gasteiger partial charge >= 0.3 is 5.97 Å². The third-order valence-corrected chi connectivity index (χ3v) is 3.87. The van der Waals surface area contributed by atoms with Crippen LogP contribution in [0, 0.1) is 6.92 Å². The molecule has 1 aliphatic rings. The third kappa shape index (κ3) is 2.90. The number of carboxylic acids is 1. The molecule has 0 spiro atoms. The second-order valence-electron chi connectivity index (χ2n) is 5.66. The average molecular weight is 311 g/mol. The van der Waals surface area contributed by atoms with Crippen molar-refractivity contribution in [1.29, 1.82) is 0 Å². The summed E-state index contributed by atoms with van der Waals surface area (Å²) in [4.78, 5) is 25.1. The van der Waals surface area contributed by atoms with Gasteiger partial charge in [-0.2, -0.15) is 0 Å². The predicted octanol–water partition coefficient (Wildman–Crippen LogP) is 3.01. The van der Waals surface area contributed by atoms with Crippen LogP contribution in [0.4, 0.5) is 5.69 Å². The maximum Gasteiger partial charge on any atom is 0.335 e. The summed E-state index contributed by atoms with van der Waals surface area (Å²) < 4.78 is 5.67. The highest BCUT2D eigenvalue weighted by atomic mass is 16.5. The molecular formula is C18H17NO4.